The van der Waals surface area contributed by atoms with Gasteiger partial charge in [0.2, 0.25) is 6.79 Å². The highest BCUT2D eigenvalue weighted by Gasteiger charge is 2.30. The second-order valence-corrected chi connectivity index (χ2v) is 9.04. The molecule has 0 saturated heterocycles. The highest BCUT2D eigenvalue weighted by Crippen LogP contribution is 2.33. The van der Waals surface area contributed by atoms with Crippen LogP contribution in [0.5, 0.6) is 11.5 Å². The molecule has 7 nitrogen and oxygen atoms in total. The van der Waals surface area contributed by atoms with Crippen LogP contribution in [0.25, 0.3) is 0 Å². The lowest BCUT2D eigenvalue weighted by Crippen LogP contribution is -2.32. The number of sulfone groups is 1. The Labute approximate surface area is 174 Å². The van der Waals surface area contributed by atoms with Crippen LogP contribution >= 0.6 is 0 Å². The topological polar surface area (TPSA) is 94.6 Å². The molecule has 1 N–H and O–H groups in total. The molecule has 0 aliphatic carbocycles. The van der Waals surface area contributed by atoms with Crippen LogP contribution in [0.4, 0.5) is 0 Å². The number of hydrogen-bond donors (Lipinski definition) is 1. The molecular weight excluding hydrogens is 404 g/mol. The van der Waals surface area contributed by atoms with Gasteiger partial charge in [-0.15, -0.1) is 0 Å². The van der Waals surface area contributed by atoms with E-state index in [4.69, 9.17) is 9.47 Å². The van der Waals surface area contributed by atoms with Crippen LogP contribution in [-0.2, 0) is 9.84 Å². The van der Waals surface area contributed by atoms with Crippen LogP contribution < -0.4 is 14.8 Å². The van der Waals surface area contributed by atoms with Crippen LogP contribution in [-0.4, -0.2) is 32.6 Å². The second-order valence-electron chi connectivity index (χ2n) is 6.91. The average molecular weight is 424 g/mol. The number of carbonyl (C=O) groups is 1. The van der Waals surface area contributed by atoms with Crippen molar-refractivity contribution in [1.29, 1.82) is 0 Å². The molecule has 1 atom stereocenters. The van der Waals surface area contributed by atoms with E-state index in [1.165, 1.54) is 6.20 Å². The molecule has 0 radical (unpaired) electrons. The number of ether oxygens (including phenoxy) is 2. The number of pyridine rings is 1. The first-order valence-electron chi connectivity index (χ1n) is 9.33. The normalized spacial score (nSPS) is 13.6. The molecule has 1 amide bonds. The van der Waals surface area contributed by atoms with Gasteiger partial charge >= 0.3 is 0 Å². The molecule has 1 aliphatic rings. The van der Waals surface area contributed by atoms with Crippen LogP contribution in [0.2, 0.25) is 0 Å². The van der Waals surface area contributed by atoms with Crippen molar-refractivity contribution in [3.05, 3.63) is 83.7 Å². The molecule has 30 heavy (non-hydrogen) atoms. The Hall–Kier alpha value is -3.39. The molecule has 2 aromatic carbocycles. The smallest absolute Gasteiger partial charge is 0.251 e. The molecule has 0 unspecified atom stereocenters. The zero-order valence-electron chi connectivity index (χ0n) is 16.2. The van der Waals surface area contributed by atoms with E-state index in [-0.39, 0.29) is 18.2 Å². The predicted octanol–water partition coefficient (Wildman–Crippen LogP) is 3.06. The summed E-state index contributed by atoms with van der Waals surface area (Å²) in [6.07, 6.45) is 3.08. The van der Waals surface area contributed by atoms with Gasteiger partial charge in [-0.3, -0.25) is 9.78 Å². The van der Waals surface area contributed by atoms with E-state index in [2.05, 4.69) is 10.3 Å². The maximum Gasteiger partial charge on any atom is 0.251 e. The minimum absolute atomic E-state index is 0.102. The summed E-state index contributed by atoms with van der Waals surface area (Å²) >= 11 is 0. The lowest BCUT2D eigenvalue weighted by atomic mass is 10.1. The molecule has 4 rings (SSSR count). The Morgan fingerprint density at radius 2 is 1.87 bits per heavy atom. The van der Waals surface area contributed by atoms with E-state index in [1.54, 1.807) is 60.8 Å². The van der Waals surface area contributed by atoms with Gasteiger partial charge in [0.05, 0.1) is 4.90 Å². The first-order valence-corrected chi connectivity index (χ1v) is 10.9. The highest BCUT2D eigenvalue weighted by atomic mass is 32.2. The molecule has 0 saturated carbocycles. The van der Waals surface area contributed by atoms with Gasteiger partial charge < -0.3 is 14.8 Å². The average Bonchev–Trinajstić information content (AvgIpc) is 3.22. The number of amides is 1. The zero-order valence-corrected chi connectivity index (χ0v) is 17.1. The number of aromatic nitrogens is 1. The third-order valence-corrected chi connectivity index (χ3v) is 6.98. The van der Waals surface area contributed by atoms with Crippen molar-refractivity contribution in [3.63, 3.8) is 0 Å². The molecule has 154 valence electrons. The molecule has 8 heteroatoms. The van der Waals surface area contributed by atoms with Gasteiger partial charge in [0, 0.05) is 24.5 Å². The fourth-order valence-corrected chi connectivity index (χ4v) is 4.84. The molecule has 0 bridgehead atoms. The largest absolute Gasteiger partial charge is 0.454 e. The first kappa shape index (κ1) is 19.9. The van der Waals surface area contributed by atoms with Gasteiger partial charge in [-0.1, -0.05) is 23.8 Å². The molecule has 1 aromatic heterocycles. The summed E-state index contributed by atoms with van der Waals surface area (Å²) in [6.45, 7) is 1.90. The molecule has 1 aliphatic heterocycles. The predicted molar refractivity (Wildman–Crippen MR) is 110 cm³/mol. The third-order valence-electron chi connectivity index (χ3n) is 4.86. The van der Waals surface area contributed by atoms with E-state index in [0.29, 0.717) is 22.6 Å². The summed E-state index contributed by atoms with van der Waals surface area (Å²) in [4.78, 5) is 16.9. The number of aryl methyl sites for hydroxylation is 1. The molecular formula is C22H20N2O5S. The highest BCUT2D eigenvalue weighted by molar-refractivity contribution is 7.91. The minimum Gasteiger partial charge on any atom is -0.454 e. The maximum absolute atomic E-state index is 13.3. The Bertz CT molecular complexity index is 1160. The molecule has 3 aromatic rings. The van der Waals surface area contributed by atoms with Gasteiger partial charge in [-0.2, -0.15) is 0 Å². The van der Waals surface area contributed by atoms with Crippen molar-refractivity contribution in [2.45, 2.75) is 17.1 Å². The summed E-state index contributed by atoms with van der Waals surface area (Å²) in [5, 5.41) is 1.75. The van der Waals surface area contributed by atoms with Crippen LogP contribution in [0, 0.1) is 6.92 Å². The van der Waals surface area contributed by atoms with Crippen molar-refractivity contribution in [1.82, 2.24) is 10.3 Å². The summed E-state index contributed by atoms with van der Waals surface area (Å²) < 4.78 is 37.2. The lowest BCUT2D eigenvalue weighted by Gasteiger charge is -2.19. The number of fused-ring (bicyclic) bond motifs is 1. The minimum atomic E-state index is -3.76. The van der Waals surface area contributed by atoms with Crippen molar-refractivity contribution < 1.29 is 22.7 Å². The van der Waals surface area contributed by atoms with Crippen LogP contribution in [0.1, 0.15) is 26.7 Å². The zero-order chi connectivity index (χ0) is 21.1. The Morgan fingerprint density at radius 1 is 1.10 bits per heavy atom. The van der Waals surface area contributed by atoms with Gasteiger partial charge in [-0.25, -0.2) is 8.42 Å². The Balaban J connectivity index is 1.59. The first-order chi connectivity index (χ1) is 14.4. The van der Waals surface area contributed by atoms with Gasteiger partial charge in [0.15, 0.2) is 21.3 Å². The Morgan fingerprint density at radius 3 is 2.60 bits per heavy atom. The third kappa shape index (κ3) is 3.99. The second kappa shape index (κ2) is 8.16. The van der Waals surface area contributed by atoms with E-state index >= 15 is 0 Å². The molecule has 0 spiro atoms. The molecule has 0 fully saturated rings. The number of carbonyl (C=O) groups excluding carboxylic acids is 1. The monoisotopic (exact) mass is 424 g/mol. The summed E-state index contributed by atoms with van der Waals surface area (Å²) in [6, 6.07) is 14.8. The quantitative estimate of drug-likeness (QED) is 0.654. The van der Waals surface area contributed by atoms with E-state index in [9.17, 15) is 13.2 Å². The fraction of sp³-hybridized carbons (Fsp3) is 0.182. The summed E-state index contributed by atoms with van der Waals surface area (Å²) in [5.74, 6) is 0.654. The van der Waals surface area contributed by atoms with Gasteiger partial charge in [-0.05, 0) is 48.9 Å². The number of hydrogen-bond acceptors (Lipinski definition) is 6. The fourth-order valence-electron chi connectivity index (χ4n) is 3.19. The Kier molecular flexibility index (Phi) is 5.41. The van der Waals surface area contributed by atoms with Crippen LogP contribution in [0.15, 0.2) is 71.9 Å². The number of rotatable bonds is 6. The van der Waals surface area contributed by atoms with Crippen molar-refractivity contribution in [3.8, 4) is 11.5 Å². The lowest BCUT2D eigenvalue weighted by molar-refractivity contribution is 0.0953. The van der Waals surface area contributed by atoms with Crippen molar-refractivity contribution >= 4 is 15.7 Å². The van der Waals surface area contributed by atoms with Gasteiger partial charge in [0.25, 0.3) is 5.91 Å². The van der Waals surface area contributed by atoms with E-state index < -0.39 is 21.0 Å². The van der Waals surface area contributed by atoms with E-state index in [1.807, 2.05) is 6.92 Å². The summed E-state index contributed by atoms with van der Waals surface area (Å²) in [5.41, 5.74) is 1.82. The SMILES string of the molecule is Cc1ccc(S(=O)(=O)[C@@H](CNC(=O)c2ccc3c(c2)OCO3)c2cccnc2)cc1. The number of nitrogens with zero attached hydrogens (tertiary/aromatic N) is 1. The number of benzene rings is 2. The van der Waals surface area contributed by atoms with Crippen LogP contribution in [0.3, 0.4) is 0 Å². The summed E-state index contributed by atoms with van der Waals surface area (Å²) in [7, 11) is -3.76. The standard InChI is InChI=1S/C22H20N2O5S/c1-15-4-7-18(8-5-15)30(26,27)21(17-3-2-10-23-12-17)13-24-22(25)16-6-9-19-20(11-16)29-14-28-19/h2-12,21H,13-14H2,1H3,(H,24,25)/t21-/m0/s1. The number of nitrogens with one attached hydrogen (secondary N) is 1. The van der Waals surface area contributed by atoms with Crippen molar-refractivity contribution in [2.24, 2.45) is 0 Å². The maximum atomic E-state index is 13.3. The van der Waals surface area contributed by atoms with Crippen molar-refractivity contribution in [2.75, 3.05) is 13.3 Å². The van der Waals surface area contributed by atoms with Gasteiger partial charge in [0.1, 0.15) is 5.25 Å². The molecule has 2 heterocycles. The van der Waals surface area contributed by atoms with E-state index in [0.717, 1.165) is 5.56 Å².